The average molecular weight is 407 g/mol. The Morgan fingerprint density at radius 2 is 1.69 bits per heavy atom. The second-order valence-electron chi connectivity index (χ2n) is 7.91. The van der Waals surface area contributed by atoms with Crippen molar-refractivity contribution < 1.29 is 4.79 Å². The number of carbonyl (C=O) groups excluding carboxylic acids is 1. The molecule has 0 aliphatic carbocycles. The van der Waals surface area contributed by atoms with Gasteiger partial charge in [0.15, 0.2) is 0 Å². The van der Waals surface area contributed by atoms with E-state index in [0.29, 0.717) is 6.54 Å². The summed E-state index contributed by atoms with van der Waals surface area (Å²) < 4.78 is 1.26. The van der Waals surface area contributed by atoms with E-state index in [1.54, 1.807) is 11.3 Å². The lowest BCUT2D eigenvalue weighted by atomic mass is 10.0. The number of hydrogen-bond donors (Lipinski definition) is 0. The first kappa shape index (κ1) is 18.7. The summed E-state index contributed by atoms with van der Waals surface area (Å²) in [5.74, 6) is 0.233. The molecule has 1 aromatic heterocycles. The van der Waals surface area contributed by atoms with Crippen molar-refractivity contribution >= 4 is 33.1 Å². The highest BCUT2D eigenvalue weighted by atomic mass is 32.1. The van der Waals surface area contributed by atoms with Crippen molar-refractivity contribution in [3.8, 4) is 0 Å². The van der Waals surface area contributed by atoms with Crippen LogP contribution < -0.4 is 4.90 Å². The summed E-state index contributed by atoms with van der Waals surface area (Å²) in [5.41, 5.74) is 3.50. The molecule has 5 nitrogen and oxygen atoms in total. The molecule has 1 fully saturated rings. The van der Waals surface area contributed by atoms with E-state index in [1.807, 2.05) is 17.0 Å². The third-order valence-electron chi connectivity index (χ3n) is 5.93. The van der Waals surface area contributed by atoms with Gasteiger partial charge in [-0.3, -0.25) is 14.6 Å². The van der Waals surface area contributed by atoms with Crippen LogP contribution >= 0.6 is 11.3 Å². The van der Waals surface area contributed by atoms with Crippen molar-refractivity contribution in [2.45, 2.75) is 19.4 Å². The van der Waals surface area contributed by atoms with Gasteiger partial charge in [-0.15, -0.1) is 11.3 Å². The fraction of sp³-hybridized carbons (Fsp3) is 0.391. The van der Waals surface area contributed by atoms with E-state index in [1.165, 1.54) is 15.3 Å². The van der Waals surface area contributed by atoms with Crippen molar-refractivity contribution in [1.29, 1.82) is 0 Å². The Bertz CT molecular complexity index is 976. The van der Waals surface area contributed by atoms with Gasteiger partial charge in [0.25, 0.3) is 0 Å². The van der Waals surface area contributed by atoms with Gasteiger partial charge >= 0.3 is 0 Å². The molecule has 1 amide bonds. The van der Waals surface area contributed by atoms with Gasteiger partial charge in [0.1, 0.15) is 5.01 Å². The van der Waals surface area contributed by atoms with Crippen LogP contribution in [0.2, 0.25) is 0 Å². The molecule has 0 unspecified atom stereocenters. The maximum absolute atomic E-state index is 13.0. The number of thiazole rings is 1. The molecule has 0 saturated carbocycles. The van der Waals surface area contributed by atoms with Crippen LogP contribution in [0.3, 0.4) is 0 Å². The zero-order chi connectivity index (χ0) is 19.6. The summed E-state index contributed by atoms with van der Waals surface area (Å²) >= 11 is 1.79. The van der Waals surface area contributed by atoms with E-state index in [2.05, 4.69) is 46.2 Å². The number of amides is 1. The standard InChI is InChI=1S/C23H26N4OS/c28-23(27-11-5-7-18-6-1-3-9-20(18)27)17-26-14-12-25(13-15-26)16-22-24-19-8-2-4-10-21(19)29-22/h1-4,6,8-10H,5,7,11-17H2. The van der Waals surface area contributed by atoms with Crippen molar-refractivity contribution in [2.75, 3.05) is 44.2 Å². The van der Waals surface area contributed by atoms with Crippen LogP contribution in [0, 0.1) is 0 Å². The number of fused-ring (bicyclic) bond motifs is 2. The number of aromatic nitrogens is 1. The summed E-state index contributed by atoms with van der Waals surface area (Å²) in [6.45, 7) is 6.11. The average Bonchev–Trinajstić information content (AvgIpc) is 3.17. The molecule has 1 saturated heterocycles. The summed E-state index contributed by atoms with van der Waals surface area (Å²) in [4.78, 5) is 24.5. The van der Waals surface area contributed by atoms with Crippen LogP contribution in [-0.4, -0.2) is 60.0 Å². The van der Waals surface area contributed by atoms with Crippen LogP contribution in [-0.2, 0) is 17.8 Å². The lowest BCUT2D eigenvalue weighted by molar-refractivity contribution is -0.120. The fourth-order valence-corrected chi connectivity index (χ4v) is 5.36. The minimum absolute atomic E-state index is 0.233. The molecule has 29 heavy (non-hydrogen) atoms. The van der Waals surface area contributed by atoms with E-state index >= 15 is 0 Å². The van der Waals surface area contributed by atoms with Gasteiger partial charge in [-0.1, -0.05) is 30.3 Å². The van der Waals surface area contributed by atoms with Crippen molar-refractivity contribution in [3.63, 3.8) is 0 Å². The van der Waals surface area contributed by atoms with Crippen molar-refractivity contribution in [3.05, 3.63) is 59.1 Å². The number of aryl methyl sites for hydroxylation is 1. The molecule has 0 atom stereocenters. The molecule has 150 valence electrons. The Balaban J connectivity index is 1.16. The molecule has 6 heteroatoms. The topological polar surface area (TPSA) is 39.7 Å². The molecular weight excluding hydrogens is 380 g/mol. The number of para-hydroxylation sites is 2. The van der Waals surface area contributed by atoms with E-state index in [0.717, 1.165) is 63.3 Å². The van der Waals surface area contributed by atoms with E-state index in [-0.39, 0.29) is 5.91 Å². The predicted octanol–water partition coefficient (Wildman–Crippen LogP) is 3.39. The highest BCUT2D eigenvalue weighted by molar-refractivity contribution is 7.18. The molecule has 0 bridgehead atoms. The van der Waals surface area contributed by atoms with Gasteiger partial charge in [0.2, 0.25) is 5.91 Å². The van der Waals surface area contributed by atoms with Gasteiger partial charge in [0.05, 0.1) is 23.3 Å². The normalized spacial score (nSPS) is 18.1. The third kappa shape index (κ3) is 4.06. The zero-order valence-electron chi connectivity index (χ0n) is 16.6. The predicted molar refractivity (Wildman–Crippen MR) is 118 cm³/mol. The Labute approximate surface area is 175 Å². The van der Waals surface area contributed by atoms with Crippen LogP contribution in [0.1, 0.15) is 17.0 Å². The van der Waals surface area contributed by atoms with Crippen LogP contribution in [0.15, 0.2) is 48.5 Å². The maximum Gasteiger partial charge on any atom is 0.241 e. The molecular formula is C23H26N4OS. The van der Waals surface area contributed by atoms with Crippen molar-refractivity contribution in [1.82, 2.24) is 14.8 Å². The van der Waals surface area contributed by atoms with Gasteiger partial charge < -0.3 is 4.90 Å². The van der Waals surface area contributed by atoms with Gasteiger partial charge in [-0.05, 0) is 36.6 Å². The van der Waals surface area contributed by atoms with E-state index in [9.17, 15) is 4.79 Å². The first-order chi connectivity index (χ1) is 14.3. The first-order valence-electron chi connectivity index (χ1n) is 10.4. The van der Waals surface area contributed by atoms with Crippen molar-refractivity contribution in [2.24, 2.45) is 0 Å². The Kier molecular flexibility index (Phi) is 5.31. The van der Waals surface area contributed by atoms with Gasteiger partial charge in [-0.2, -0.15) is 0 Å². The van der Waals surface area contributed by atoms with Crippen LogP contribution in [0.5, 0.6) is 0 Å². The highest BCUT2D eigenvalue weighted by Gasteiger charge is 2.25. The molecule has 0 N–H and O–H groups in total. The van der Waals surface area contributed by atoms with E-state index in [4.69, 9.17) is 4.98 Å². The summed E-state index contributed by atoms with van der Waals surface area (Å²) in [7, 11) is 0. The number of piperazine rings is 1. The largest absolute Gasteiger partial charge is 0.311 e. The molecule has 2 aromatic carbocycles. The summed E-state index contributed by atoms with van der Waals surface area (Å²) in [6.07, 6.45) is 2.13. The minimum atomic E-state index is 0.233. The van der Waals surface area contributed by atoms with Crippen LogP contribution in [0.4, 0.5) is 5.69 Å². The smallest absolute Gasteiger partial charge is 0.241 e. The Morgan fingerprint density at radius 3 is 2.55 bits per heavy atom. The Morgan fingerprint density at radius 1 is 0.931 bits per heavy atom. The zero-order valence-corrected chi connectivity index (χ0v) is 17.4. The number of hydrogen-bond acceptors (Lipinski definition) is 5. The number of benzene rings is 2. The van der Waals surface area contributed by atoms with Gasteiger partial charge in [-0.25, -0.2) is 4.98 Å². The Hall–Kier alpha value is -2.28. The lowest BCUT2D eigenvalue weighted by Crippen LogP contribution is -2.50. The number of nitrogens with zero attached hydrogens (tertiary/aromatic N) is 4. The molecule has 0 spiro atoms. The summed E-state index contributed by atoms with van der Waals surface area (Å²) in [5, 5.41) is 1.18. The number of anilines is 1. The number of carbonyl (C=O) groups is 1. The molecule has 3 heterocycles. The fourth-order valence-electron chi connectivity index (χ4n) is 4.35. The molecule has 2 aliphatic rings. The minimum Gasteiger partial charge on any atom is -0.311 e. The monoisotopic (exact) mass is 406 g/mol. The second-order valence-corrected chi connectivity index (χ2v) is 9.02. The van der Waals surface area contributed by atoms with E-state index < -0.39 is 0 Å². The second kappa shape index (κ2) is 8.22. The maximum atomic E-state index is 13.0. The SMILES string of the molecule is O=C(CN1CCN(Cc2nc3ccccc3s2)CC1)N1CCCc2ccccc21. The van der Waals surface area contributed by atoms with Gasteiger partial charge in [0, 0.05) is 38.4 Å². The molecule has 2 aliphatic heterocycles. The quantitative estimate of drug-likeness (QED) is 0.666. The first-order valence-corrected chi connectivity index (χ1v) is 11.3. The third-order valence-corrected chi connectivity index (χ3v) is 6.95. The molecule has 3 aromatic rings. The summed E-state index contributed by atoms with van der Waals surface area (Å²) in [6, 6.07) is 16.7. The lowest BCUT2D eigenvalue weighted by Gasteiger charge is -2.36. The molecule has 0 radical (unpaired) electrons. The molecule has 5 rings (SSSR count). The number of rotatable bonds is 4. The highest BCUT2D eigenvalue weighted by Crippen LogP contribution is 2.27. The van der Waals surface area contributed by atoms with Crippen LogP contribution in [0.25, 0.3) is 10.2 Å².